The van der Waals surface area contributed by atoms with Crippen molar-refractivity contribution in [1.82, 2.24) is 0 Å². The van der Waals surface area contributed by atoms with Gasteiger partial charge in [-0.1, -0.05) is 25.5 Å². The summed E-state index contributed by atoms with van der Waals surface area (Å²) < 4.78 is 32.5. The minimum absolute atomic E-state index is 0.269. The molecule has 3 rings (SSSR count). The van der Waals surface area contributed by atoms with Crippen LogP contribution >= 0.6 is 0 Å². The number of rotatable bonds is 4. The van der Waals surface area contributed by atoms with E-state index in [9.17, 15) is 13.6 Å². The van der Waals surface area contributed by atoms with E-state index >= 15 is 0 Å². The molecule has 1 fully saturated rings. The summed E-state index contributed by atoms with van der Waals surface area (Å²) >= 11 is 0. The minimum Gasteiger partial charge on any atom is -0.420 e. The average molecular weight is 369 g/mol. The van der Waals surface area contributed by atoms with Gasteiger partial charge < -0.3 is 4.74 Å². The number of hydrogen-bond acceptors (Lipinski definition) is 3. The van der Waals surface area contributed by atoms with E-state index in [4.69, 9.17) is 10.00 Å². The molecule has 1 saturated carbocycles. The first-order valence-electron chi connectivity index (χ1n) is 9.23. The quantitative estimate of drug-likeness (QED) is 0.510. The average Bonchev–Trinajstić information content (AvgIpc) is 2.72. The van der Waals surface area contributed by atoms with Gasteiger partial charge in [0.15, 0.2) is 11.6 Å². The van der Waals surface area contributed by atoms with Crippen molar-refractivity contribution in [3.05, 3.63) is 64.7 Å². The lowest BCUT2D eigenvalue weighted by atomic mass is 9.78. The fourth-order valence-corrected chi connectivity index (χ4v) is 3.65. The van der Waals surface area contributed by atoms with Gasteiger partial charge in [-0.15, -0.1) is 0 Å². The summed E-state index contributed by atoms with van der Waals surface area (Å²) in [7, 11) is 0. The van der Waals surface area contributed by atoms with Crippen molar-refractivity contribution in [3.63, 3.8) is 0 Å². The number of nitrogens with zero attached hydrogens (tertiary/aromatic N) is 1. The van der Waals surface area contributed by atoms with Crippen LogP contribution in [0.2, 0.25) is 0 Å². The van der Waals surface area contributed by atoms with E-state index < -0.39 is 28.9 Å². The van der Waals surface area contributed by atoms with Crippen molar-refractivity contribution < 1.29 is 18.3 Å². The highest BCUT2D eigenvalue weighted by atomic mass is 19.2. The van der Waals surface area contributed by atoms with Crippen molar-refractivity contribution >= 4 is 5.97 Å². The van der Waals surface area contributed by atoms with Gasteiger partial charge in [0.05, 0.1) is 11.1 Å². The normalized spacial score (nSPS) is 19.3. The van der Waals surface area contributed by atoms with Gasteiger partial charge in [-0.3, -0.25) is 0 Å². The molecule has 0 spiro atoms. The van der Waals surface area contributed by atoms with Gasteiger partial charge in [0.2, 0.25) is 5.82 Å². The van der Waals surface area contributed by atoms with Crippen LogP contribution in [0.4, 0.5) is 8.78 Å². The molecule has 1 aliphatic rings. The number of ether oxygens (including phenoxy) is 1. The van der Waals surface area contributed by atoms with E-state index in [1.807, 2.05) is 12.1 Å². The molecular weight excluding hydrogens is 348 g/mol. The van der Waals surface area contributed by atoms with Crippen LogP contribution in [-0.4, -0.2) is 5.97 Å². The highest BCUT2D eigenvalue weighted by Crippen LogP contribution is 2.37. The third-order valence-electron chi connectivity index (χ3n) is 5.41. The molecule has 0 aromatic heterocycles. The predicted molar refractivity (Wildman–Crippen MR) is 97.5 cm³/mol. The van der Waals surface area contributed by atoms with E-state index in [2.05, 4.69) is 6.92 Å². The fourth-order valence-electron chi connectivity index (χ4n) is 3.65. The maximum Gasteiger partial charge on any atom is 0.343 e. The second-order valence-electron chi connectivity index (χ2n) is 6.99. The Morgan fingerprint density at radius 3 is 2.33 bits per heavy atom. The van der Waals surface area contributed by atoms with Gasteiger partial charge in [-0.05, 0) is 67.3 Å². The number of carbonyl (C=O) groups excluding carboxylic acids is 1. The summed E-state index contributed by atoms with van der Waals surface area (Å²) in [5.74, 6) is -2.63. The van der Waals surface area contributed by atoms with E-state index in [0.717, 1.165) is 30.9 Å². The molecule has 2 aromatic carbocycles. The monoisotopic (exact) mass is 369 g/mol. The molecular formula is C22H21F2NO2. The van der Waals surface area contributed by atoms with E-state index in [1.54, 1.807) is 12.1 Å². The van der Waals surface area contributed by atoms with Gasteiger partial charge >= 0.3 is 5.97 Å². The Bertz CT molecular complexity index is 863. The molecule has 5 heteroatoms. The van der Waals surface area contributed by atoms with Crippen LogP contribution in [0.1, 0.15) is 66.4 Å². The predicted octanol–water partition coefficient (Wildman–Crippen LogP) is 5.74. The smallest absolute Gasteiger partial charge is 0.343 e. The van der Waals surface area contributed by atoms with E-state index in [0.29, 0.717) is 5.92 Å². The number of nitriles is 1. The lowest BCUT2D eigenvalue weighted by Gasteiger charge is -2.28. The highest BCUT2D eigenvalue weighted by molar-refractivity contribution is 5.91. The van der Waals surface area contributed by atoms with Crippen molar-refractivity contribution in [2.45, 2.75) is 44.9 Å². The van der Waals surface area contributed by atoms with Crippen molar-refractivity contribution in [2.75, 3.05) is 0 Å². The fraction of sp³-hybridized carbons (Fsp3) is 0.364. The second-order valence-corrected chi connectivity index (χ2v) is 6.99. The first-order valence-corrected chi connectivity index (χ1v) is 9.23. The van der Waals surface area contributed by atoms with Crippen molar-refractivity contribution in [2.24, 2.45) is 5.92 Å². The molecule has 27 heavy (non-hydrogen) atoms. The van der Waals surface area contributed by atoms with E-state index in [-0.39, 0.29) is 5.56 Å². The summed E-state index contributed by atoms with van der Waals surface area (Å²) in [6.45, 7) is 2.23. The third-order valence-corrected chi connectivity index (χ3v) is 5.41. The van der Waals surface area contributed by atoms with Crippen molar-refractivity contribution in [1.29, 1.82) is 5.26 Å². The zero-order chi connectivity index (χ0) is 19.4. The van der Waals surface area contributed by atoms with Gasteiger partial charge in [-0.25, -0.2) is 9.18 Å². The van der Waals surface area contributed by atoms with E-state index in [1.165, 1.54) is 30.9 Å². The summed E-state index contributed by atoms with van der Waals surface area (Å²) in [5, 5.41) is 8.69. The van der Waals surface area contributed by atoms with Crippen LogP contribution in [0, 0.1) is 28.9 Å². The second kappa shape index (κ2) is 8.30. The Hall–Kier alpha value is -2.74. The van der Waals surface area contributed by atoms with Gasteiger partial charge in [-0.2, -0.15) is 9.65 Å². The van der Waals surface area contributed by atoms with Gasteiger partial charge in [0.25, 0.3) is 0 Å². The van der Waals surface area contributed by atoms with Crippen molar-refractivity contribution in [3.8, 4) is 11.8 Å². The molecule has 0 bridgehead atoms. The molecule has 140 valence electrons. The molecule has 0 unspecified atom stereocenters. The number of hydrogen-bond donors (Lipinski definition) is 0. The van der Waals surface area contributed by atoms with Crippen LogP contribution in [0.3, 0.4) is 0 Å². The molecule has 0 N–H and O–H groups in total. The zero-order valence-electron chi connectivity index (χ0n) is 15.2. The molecule has 0 saturated heterocycles. The third kappa shape index (κ3) is 4.16. The number of esters is 1. The molecule has 0 amide bonds. The maximum absolute atomic E-state index is 13.9. The molecule has 0 atom stereocenters. The first kappa shape index (κ1) is 19.0. The van der Waals surface area contributed by atoms with Crippen LogP contribution in [0.15, 0.2) is 36.4 Å². The Kier molecular flexibility index (Phi) is 5.85. The van der Waals surface area contributed by atoms with Crippen LogP contribution in [0.5, 0.6) is 5.75 Å². The minimum atomic E-state index is -1.34. The molecule has 2 aromatic rings. The number of carbonyl (C=O) groups is 1. The largest absolute Gasteiger partial charge is 0.420 e. The Labute approximate surface area is 157 Å². The lowest BCUT2D eigenvalue weighted by Crippen LogP contribution is -2.13. The number of halogens is 2. The molecule has 0 heterocycles. The summed E-state index contributed by atoms with van der Waals surface area (Å²) in [6, 6.07) is 10.8. The van der Waals surface area contributed by atoms with Crippen LogP contribution in [-0.2, 0) is 0 Å². The Balaban J connectivity index is 1.68. The summed E-state index contributed by atoms with van der Waals surface area (Å²) in [5.41, 5.74) is 1.02. The Morgan fingerprint density at radius 2 is 1.74 bits per heavy atom. The first-order chi connectivity index (χ1) is 13.0. The molecule has 3 nitrogen and oxygen atoms in total. The molecule has 0 radical (unpaired) electrons. The SMILES string of the molecule is CCC1CCC(c2ccc(C(=O)Oc3ccc(C#N)c(F)c3F)cc2)CC1. The maximum atomic E-state index is 13.9. The Morgan fingerprint density at radius 1 is 1.07 bits per heavy atom. The molecule has 0 aliphatic heterocycles. The molecule has 1 aliphatic carbocycles. The van der Waals surface area contributed by atoms with Gasteiger partial charge in [0.1, 0.15) is 6.07 Å². The number of benzene rings is 2. The topological polar surface area (TPSA) is 50.1 Å². The van der Waals surface area contributed by atoms with Crippen LogP contribution < -0.4 is 4.74 Å². The highest BCUT2D eigenvalue weighted by Gasteiger charge is 2.22. The zero-order valence-corrected chi connectivity index (χ0v) is 15.2. The summed E-state index contributed by atoms with van der Waals surface area (Å²) in [6.07, 6.45) is 5.99. The van der Waals surface area contributed by atoms with Crippen LogP contribution in [0.25, 0.3) is 0 Å². The standard InChI is InChI=1S/C22H21F2NO2/c1-2-14-3-5-15(6-4-14)16-7-9-17(10-8-16)22(26)27-19-12-11-18(13-25)20(23)21(19)24/h7-12,14-15H,2-6H2,1H3. The van der Waals surface area contributed by atoms with Gasteiger partial charge in [0, 0.05) is 0 Å². The lowest BCUT2D eigenvalue weighted by molar-refractivity contribution is 0.0726. The summed E-state index contributed by atoms with van der Waals surface area (Å²) in [4.78, 5) is 12.2.